The minimum absolute atomic E-state index is 0.424. The van der Waals surface area contributed by atoms with Gasteiger partial charge in [-0.05, 0) is 38.9 Å². The fourth-order valence-corrected chi connectivity index (χ4v) is 3.21. The van der Waals surface area contributed by atoms with Crippen LogP contribution >= 0.6 is 11.6 Å². The van der Waals surface area contributed by atoms with Gasteiger partial charge in [-0.25, -0.2) is 0 Å². The number of aryl methyl sites for hydroxylation is 1. The third-order valence-electron chi connectivity index (χ3n) is 3.94. The Kier molecular flexibility index (Phi) is 3.76. The fourth-order valence-electron chi connectivity index (χ4n) is 2.92. The molecular weight excluding hydrogens is 272 g/mol. The molecule has 1 fully saturated rings. The molecule has 1 aliphatic rings. The van der Waals surface area contributed by atoms with Crippen LogP contribution in [0.5, 0.6) is 0 Å². The summed E-state index contributed by atoms with van der Waals surface area (Å²) in [6.45, 7) is 4.26. The van der Waals surface area contributed by atoms with Crippen LogP contribution in [0.4, 0.5) is 5.82 Å². The smallest absolute Gasteiger partial charge is 0.159 e. The average molecular weight is 291 g/mol. The molecule has 2 heterocycles. The molecule has 0 spiro atoms. The monoisotopic (exact) mass is 290 g/mol. The molecule has 0 amide bonds. The molecule has 1 aromatic carbocycles. The zero-order valence-electron chi connectivity index (χ0n) is 11.9. The molecule has 3 rings (SSSR count). The van der Waals surface area contributed by atoms with Gasteiger partial charge in [0.2, 0.25) is 0 Å². The highest BCUT2D eigenvalue weighted by atomic mass is 35.5. The zero-order chi connectivity index (χ0) is 14.1. The Morgan fingerprint density at radius 2 is 2.20 bits per heavy atom. The van der Waals surface area contributed by atoms with E-state index in [0.29, 0.717) is 11.2 Å². The molecule has 0 unspecified atom stereocenters. The Hall–Kier alpha value is -1.39. The predicted octanol–water partition coefficient (Wildman–Crippen LogP) is 3.10. The normalized spacial score (nSPS) is 20.2. The first-order valence-electron chi connectivity index (χ1n) is 7.02. The zero-order valence-corrected chi connectivity index (χ0v) is 12.6. The van der Waals surface area contributed by atoms with E-state index in [2.05, 4.69) is 33.5 Å². The van der Waals surface area contributed by atoms with Gasteiger partial charge in [-0.1, -0.05) is 29.8 Å². The van der Waals surface area contributed by atoms with Gasteiger partial charge in [0, 0.05) is 23.4 Å². The maximum absolute atomic E-state index is 6.19. The molecule has 1 aromatic heterocycles. The first kappa shape index (κ1) is 13.6. The Morgan fingerprint density at radius 3 is 3.00 bits per heavy atom. The lowest BCUT2D eigenvalue weighted by Crippen LogP contribution is -2.40. The number of benzene rings is 1. The van der Waals surface area contributed by atoms with E-state index >= 15 is 0 Å². The second-order valence-corrected chi connectivity index (χ2v) is 5.94. The number of nitrogens with one attached hydrogen (secondary N) is 1. The molecule has 1 saturated heterocycles. The van der Waals surface area contributed by atoms with Crippen LogP contribution in [-0.4, -0.2) is 41.3 Å². The highest BCUT2D eigenvalue weighted by molar-refractivity contribution is 6.34. The van der Waals surface area contributed by atoms with Crippen molar-refractivity contribution in [3.8, 4) is 0 Å². The molecule has 4 nitrogen and oxygen atoms in total. The number of hydrogen-bond acceptors (Lipinski definition) is 4. The number of likely N-dealkylation sites (N-methyl/N-ethyl adjacent to an activating group) is 1. The molecule has 1 N–H and O–H groups in total. The Morgan fingerprint density at radius 1 is 1.35 bits per heavy atom. The topological polar surface area (TPSA) is 41.0 Å². The van der Waals surface area contributed by atoms with Crippen molar-refractivity contribution in [3.05, 3.63) is 28.9 Å². The summed E-state index contributed by atoms with van der Waals surface area (Å²) in [5.74, 6) is 0.841. The summed E-state index contributed by atoms with van der Waals surface area (Å²) in [7, 11) is 2.16. The molecular formula is C15H19ClN4. The molecule has 0 radical (unpaired) electrons. The number of anilines is 1. The van der Waals surface area contributed by atoms with Crippen molar-refractivity contribution >= 4 is 28.2 Å². The van der Waals surface area contributed by atoms with E-state index in [4.69, 9.17) is 11.6 Å². The van der Waals surface area contributed by atoms with Gasteiger partial charge in [-0.15, -0.1) is 10.2 Å². The molecule has 106 valence electrons. The maximum atomic E-state index is 6.19. The number of nitrogens with zero attached hydrogens (tertiary/aromatic N) is 3. The summed E-state index contributed by atoms with van der Waals surface area (Å²) in [4.78, 5) is 2.35. The van der Waals surface area contributed by atoms with E-state index in [0.717, 1.165) is 28.7 Å². The van der Waals surface area contributed by atoms with E-state index in [1.54, 1.807) is 0 Å². The lowest BCUT2D eigenvalue weighted by atomic mass is 10.1. The van der Waals surface area contributed by atoms with E-state index in [1.807, 2.05) is 19.1 Å². The van der Waals surface area contributed by atoms with Crippen LogP contribution < -0.4 is 5.32 Å². The van der Waals surface area contributed by atoms with Crippen LogP contribution in [0.1, 0.15) is 18.4 Å². The van der Waals surface area contributed by atoms with Gasteiger partial charge < -0.3 is 10.2 Å². The summed E-state index contributed by atoms with van der Waals surface area (Å²) in [6, 6.07) is 6.56. The number of likely N-dealkylation sites (tertiary alicyclic amines) is 1. The molecule has 0 bridgehead atoms. The number of halogens is 1. The second kappa shape index (κ2) is 5.54. The van der Waals surface area contributed by atoms with Crippen LogP contribution in [0.3, 0.4) is 0 Å². The average Bonchev–Trinajstić information content (AvgIpc) is 2.42. The molecule has 2 aromatic rings. The van der Waals surface area contributed by atoms with Crippen molar-refractivity contribution < 1.29 is 0 Å². The Bertz CT molecular complexity index is 620. The number of piperidine rings is 1. The van der Waals surface area contributed by atoms with Crippen molar-refractivity contribution in [2.45, 2.75) is 25.8 Å². The minimum Gasteiger partial charge on any atom is -0.364 e. The second-order valence-electron chi connectivity index (χ2n) is 5.58. The van der Waals surface area contributed by atoms with Crippen LogP contribution in [0, 0.1) is 6.92 Å². The Labute approximate surface area is 124 Å². The largest absolute Gasteiger partial charge is 0.364 e. The van der Waals surface area contributed by atoms with Crippen molar-refractivity contribution in [1.82, 2.24) is 15.1 Å². The molecule has 1 aliphatic heterocycles. The summed E-state index contributed by atoms with van der Waals surface area (Å²) >= 11 is 6.19. The summed E-state index contributed by atoms with van der Waals surface area (Å²) in [5.41, 5.74) is 1.13. The lowest BCUT2D eigenvalue weighted by Gasteiger charge is -2.30. The summed E-state index contributed by atoms with van der Waals surface area (Å²) < 4.78 is 0. The van der Waals surface area contributed by atoms with E-state index in [1.165, 1.54) is 19.4 Å². The standard InChI is InChI=1S/C15H19ClN4/c1-10-5-3-7-12-13(10)14(16)18-19-15(12)17-11-6-4-8-20(2)9-11/h3,5,7,11H,4,6,8-9H2,1-2H3,(H,17,19)/t11-/m1/s1. The van der Waals surface area contributed by atoms with Crippen LogP contribution in [-0.2, 0) is 0 Å². The molecule has 0 saturated carbocycles. The van der Waals surface area contributed by atoms with Crippen molar-refractivity contribution in [2.24, 2.45) is 0 Å². The quantitative estimate of drug-likeness (QED) is 0.923. The third kappa shape index (κ3) is 2.58. The number of aromatic nitrogens is 2. The van der Waals surface area contributed by atoms with Crippen molar-refractivity contribution in [3.63, 3.8) is 0 Å². The molecule has 20 heavy (non-hydrogen) atoms. The SMILES string of the molecule is Cc1cccc2c(N[C@@H]3CCCN(C)C3)nnc(Cl)c12. The highest BCUT2D eigenvalue weighted by Gasteiger charge is 2.19. The van der Waals surface area contributed by atoms with Crippen molar-refractivity contribution in [1.29, 1.82) is 0 Å². The van der Waals surface area contributed by atoms with Crippen LogP contribution in [0.2, 0.25) is 5.15 Å². The minimum atomic E-state index is 0.424. The summed E-state index contributed by atoms with van der Waals surface area (Å²) in [6.07, 6.45) is 2.38. The molecule has 0 aliphatic carbocycles. The van der Waals surface area contributed by atoms with Gasteiger partial charge in [0.05, 0.1) is 0 Å². The number of fused-ring (bicyclic) bond motifs is 1. The molecule has 1 atom stereocenters. The van der Waals surface area contributed by atoms with E-state index < -0.39 is 0 Å². The van der Waals surface area contributed by atoms with E-state index in [-0.39, 0.29) is 0 Å². The van der Waals surface area contributed by atoms with Crippen molar-refractivity contribution in [2.75, 3.05) is 25.5 Å². The first-order chi connectivity index (χ1) is 9.65. The van der Waals surface area contributed by atoms with Crippen LogP contribution in [0.15, 0.2) is 18.2 Å². The first-order valence-corrected chi connectivity index (χ1v) is 7.39. The Balaban J connectivity index is 1.96. The van der Waals surface area contributed by atoms with Crippen LogP contribution in [0.25, 0.3) is 10.8 Å². The fraction of sp³-hybridized carbons (Fsp3) is 0.467. The third-order valence-corrected chi connectivity index (χ3v) is 4.20. The number of rotatable bonds is 2. The number of hydrogen-bond donors (Lipinski definition) is 1. The molecule has 5 heteroatoms. The van der Waals surface area contributed by atoms with Gasteiger partial charge in [0.25, 0.3) is 0 Å². The van der Waals surface area contributed by atoms with E-state index in [9.17, 15) is 0 Å². The lowest BCUT2D eigenvalue weighted by molar-refractivity contribution is 0.261. The maximum Gasteiger partial charge on any atom is 0.159 e. The van der Waals surface area contributed by atoms with Gasteiger partial charge in [-0.3, -0.25) is 0 Å². The summed E-state index contributed by atoms with van der Waals surface area (Å²) in [5, 5.41) is 14.4. The predicted molar refractivity (Wildman–Crippen MR) is 83.4 cm³/mol. The van der Waals surface area contributed by atoms with Gasteiger partial charge in [0.1, 0.15) is 0 Å². The highest BCUT2D eigenvalue weighted by Crippen LogP contribution is 2.29. The van der Waals surface area contributed by atoms with Gasteiger partial charge in [0.15, 0.2) is 11.0 Å². The van der Waals surface area contributed by atoms with Gasteiger partial charge >= 0.3 is 0 Å². The van der Waals surface area contributed by atoms with Gasteiger partial charge in [-0.2, -0.15) is 0 Å².